The molecule has 1 N–H and O–H groups in total. The Morgan fingerprint density at radius 3 is 2.75 bits per heavy atom. The van der Waals surface area contributed by atoms with E-state index in [1.54, 1.807) is 0 Å². The highest BCUT2D eigenvalue weighted by atomic mass is 79.9. The van der Waals surface area contributed by atoms with E-state index in [0.29, 0.717) is 6.04 Å². The van der Waals surface area contributed by atoms with Crippen molar-refractivity contribution < 1.29 is 0 Å². The standard InChI is InChI=1S/C16H22BrN3/c1-4-18-16(8-13-10-19-20(5-2)11-13)14-7-6-12(3)15(17)9-14/h6-7,9-11,16,18H,4-5,8H2,1-3H3. The van der Waals surface area contributed by atoms with Crippen LogP contribution in [-0.4, -0.2) is 16.3 Å². The monoisotopic (exact) mass is 335 g/mol. The van der Waals surface area contributed by atoms with Gasteiger partial charge < -0.3 is 5.32 Å². The fraction of sp³-hybridized carbons (Fsp3) is 0.438. The van der Waals surface area contributed by atoms with Crippen molar-refractivity contribution in [2.45, 2.75) is 39.8 Å². The summed E-state index contributed by atoms with van der Waals surface area (Å²) in [4.78, 5) is 0. The lowest BCUT2D eigenvalue weighted by molar-refractivity contribution is 0.549. The largest absolute Gasteiger partial charge is 0.310 e. The predicted molar refractivity (Wildman–Crippen MR) is 86.9 cm³/mol. The first kappa shape index (κ1) is 15.3. The number of nitrogens with zero attached hydrogens (tertiary/aromatic N) is 2. The van der Waals surface area contributed by atoms with Crippen molar-refractivity contribution in [1.29, 1.82) is 0 Å². The van der Waals surface area contributed by atoms with Crippen LogP contribution in [0.4, 0.5) is 0 Å². The van der Waals surface area contributed by atoms with E-state index in [-0.39, 0.29) is 0 Å². The Labute approximate surface area is 129 Å². The number of hydrogen-bond donors (Lipinski definition) is 1. The van der Waals surface area contributed by atoms with Gasteiger partial charge in [0.2, 0.25) is 0 Å². The number of nitrogens with one attached hydrogen (secondary N) is 1. The molecular formula is C16H22BrN3. The van der Waals surface area contributed by atoms with Crippen molar-refractivity contribution in [2.75, 3.05) is 6.54 Å². The first-order valence-corrected chi connectivity index (χ1v) is 7.94. The van der Waals surface area contributed by atoms with Crippen molar-refractivity contribution in [3.63, 3.8) is 0 Å². The van der Waals surface area contributed by atoms with E-state index in [1.165, 1.54) is 21.2 Å². The van der Waals surface area contributed by atoms with Gasteiger partial charge in [0.15, 0.2) is 0 Å². The fourth-order valence-electron chi connectivity index (χ4n) is 2.30. The maximum absolute atomic E-state index is 4.35. The maximum atomic E-state index is 4.35. The third-order valence-electron chi connectivity index (χ3n) is 3.50. The van der Waals surface area contributed by atoms with E-state index in [4.69, 9.17) is 0 Å². The minimum atomic E-state index is 0.325. The number of benzene rings is 1. The number of rotatable bonds is 6. The summed E-state index contributed by atoms with van der Waals surface area (Å²) in [6, 6.07) is 6.91. The molecule has 0 amide bonds. The molecule has 1 aromatic carbocycles. The molecule has 1 heterocycles. The van der Waals surface area contributed by atoms with Crippen LogP contribution >= 0.6 is 15.9 Å². The molecule has 0 saturated carbocycles. The van der Waals surface area contributed by atoms with Gasteiger partial charge in [-0.25, -0.2) is 0 Å². The van der Waals surface area contributed by atoms with Crippen molar-refractivity contribution in [2.24, 2.45) is 0 Å². The molecule has 0 fully saturated rings. The van der Waals surface area contributed by atoms with Crippen LogP contribution in [0.2, 0.25) is 0 Å². The van der Waals surface area contributed by atoms with Gasteiger partial charge in [0.1, 0.15) is 0 Å². The third-order valence-corrected chi connectivity index (χ3v) is 4.35. The zero-order chi connectivity index (χ0) is 14.5. The molecule has 0 saturated heterocycles. The van der Waals surface area contributed by atoms with Gasteiger partial charge in [-0.15, -0.1) is 0 Å². The molecule has 0 spiro atoms. The third kappa shape index (κ3) is 3.70. The van der Waals surface area contributed by atoms with Crippen LogP contribution in [0.5, 0.6) is 0 Å². The zero-order valence-corrected chi connectivity index (χ0v) is 13.9. The summed E-state index contributed by atoms with van der Waals surface area (Å²) >= 11 is 3.62. The molecule has 0 aliphatic carbocycles. The van der Waals surface area contributed by atoms with Crippen LogP contribution in [-0.2, 0) is 13.0 Å². The number of aryl methyl sites for hydroxylation is 2. The summed E-state index contributed by atoms with van der Waals surface area (Å²) < 4.78 is 3.14. The molecule has 0 bridgehead atoms. The quantitative estimate of drug-likeness (QED) is 0.868. The first-order valence-electron chi connectivity index (χ1n) is 7.14. The number of likely N-dealkylation sites (N-methyl/N-ethyl adjacent to an activating group) is 1. The summed E-state index contributed by atoms with van der Waals surface area (Å²) in [6.45, 7) is 8.24. The molecule has 2 aromatic rings. The summed E-state index contributed by atoms with van der Waals surface area (Å²) in [6.07, 6.45) is 5.06. The Morgan fingerprint density at radius 2 is 2.15 bits per heavy atom. The summed E-state index contributed by atoms with van der Waals surface area (Å²) in [5, 5.41) is 7.92. The Bertz CT molecular complexity index is 563. The first-order chi connectivity index (χ1) is 9.63. The molecule has 20 heavy (non-hydrogen) atoms. The van der Waals surface area contributed by atoms with E-state index >= 15 is 0 Å². The van der Waals surface area contributed by atoms with Crippen molar-refractivity contribution in [1.82, 2.24) is 15.1 Å². The molecule has 1 unspecified atom stereocenters. The highest BCUT2D eigenvalue weighted by molar-refractivity contribution is 9.10. The van der Waals surface area contributed by atoms with Gasteiger partial charge >= 0.3 is 0 Å². The fourth-order valence-corrected chi connectivity index (χ4v) is 2.70. The predicted octanol–water partition coefficient (Wildman–Crippen LogP) is 3.87. The highest BCUT2D eigenvalue weighted by Crippen LogP contribution is 2.24. The number of hydrogen-bond acceptors (Lipinski definition) is 2. The lowest BCUT2D eigenvalue weighted by Crippen LogP contribution is -2.22. The Morgan fingerprint density at radius 1 is 1.35 bits per heavy atom. The normalized spacial score (nSPS) is 12.6. The molecule has 1 aromatic heterocycles. The van der Waals surface area contributed by atoms with E-state index < -0.39 is 0 Å². The van der Waals surface area contributed by atoms with Gasteiger partial charge in [-0.3, -0.25) is 4.68 Å². The molecule has 108 valence electrons. The zero-order valence-electron chi connectivity index (χ0n) is 12.4. The molecule has 2 rings (SSSR count). The molecule has 3 nitrogen and oxygen atoms in total. The summed E-state index contributed by atoms with van der Waals surface area (Å²) in [7, 11) is 0. The van der Waals surface area contributed by atoms with Crippen molar-refractivity contribution in [3.05, 3.63) is 51.8 Å². The van der Waals surface area contributed by atoms with Crippen LogP contribution in [0.3, 0.4) is 0 Å². The van der Waals surface area contributed by atoms with E-state index in [2.05, 4.69) is 71.5 Å². The van der Waals surface area contributed by atoms with E-state index in [0.717, 1.165) is 19.5 Å². The molecule has 0 aliphatic heterocycles. The summed E-state index contributed by atoms with van der Waals surface area (Å²) in [5.74, 6) is 0. The second-order valence-corrected chi connectivity index (χ2v) is 5.88. The topological polar surface area (TPSA) is 29.9 Å². The maximum Gasteiger partial charge on any atom is 0.0522 e. The molecule has 0 radical (unpaired) electrons. The second kappa shape index (κ2) is 7.04. The molecule has 1 atom stereocenters. The lowest BCUT2D eigenvalue weighted by atomic mass is 9.99. The molecule has 0 aliphatic rings. The van der Waals surface area contributed by atoms with Crippen LogP contribution in [0.25, 0.3) is 0 Å². The smallest absolute Gasteiger partial charge is 0.0522 e. The SMILES string of the molecule is CCNC(Cc1cnn(CC)c1)c1ccc(C)c(Br)c1. The van der Waals surface area contributed by atoms with Crippen molar-refractivity contribution in [3.8, 4) is 0 Å². The van der Waals surface area contributed by atoms with E-state index in [9.17, 15) is 0 Å². The van der Waals surface area contributed by atoms with Gasteiger partial charge in [0.05, 0.1) is 6.20 Å². The Kier molecular flexibility index (Phi) is 5.38. The minimum absolute atomic E-state index is 0.325. The van der Waals surface area contributed by atoms with Crippen LogP contribution in [0.1, 0.15) is 36.6 Å². The molecule has 4 heteroatoms. The minimum Gasteiger partial charge on any atom is -0.310 e. The number of halogens is 1. The summed E-state index contributed by atoms with van der Waals surface area (Å²) in [5.41, 5.74) is 3.85. The van der Waals surface area contributed by atoms with Crippen LogP contribution in [0, 0.1) is 6.92 Å². The van der Waals surface area contributed by atoms with Gasteiger partial charge in [0.25, 0.3) is 0 Å². The number of aromatic nitrogens is 2. The van der Waals surface area contributed by atoms with E-state index in [1.807, 2.05) is 10.9 Å². The van der Waals surface area contributed by atoms with Gasteiger partial charge in [0, 0.05) is 23.3 Å². The Balaban J connectivity index is 2.19. The van der Waals surface area contributed by atoms with Gasteiger partial charge in [-0.05, 0) is 49.6 Å². The second-order valence-electron chi connectivity index (χ2n) is 5.03. The van der Waals surface area contributed by atoms with Gasteiger partial charge in [-0.1, -0.05) is 35.0 Å². The molecular weight excluding hydrogens is 314 g/mol. The van der Waals surface area contributed by atoms with Crippen LogP contribution in [0.15, 0.2) is 35.1 Å². The average Bonchev–Trinajstić information content (AvgIpc) is 2.89. The van der Waals surface area contributed by atoms with Gasteiger partial charge in [-0.2, -0.15) is 5.10 Å². The van der Waals surface area contributed by atoms with Crippen molar-refractivity contribution >= 4 is 15.9 Å². The van der Waals surface area contributed by atoms with Crippen LogP contribution < -0.4 is 5.32 Å². The Hall–Kier alpha value is -1.13. The average molecular weight is 336 g/mol. The highest BCUT2D eigenvalue weighted by Gasteiger charge is 2.13. The lowest BCUT2D eigenvalue weighted by Gasteiger charge is -2.18.